The fraction of sp³-hybridized carbons (Fsp3) is 0.611. The monoisotopic (exact) mass is 361 g/mol. The molecule has 0 amide bonds. The molecule has 0 spiro atoms. The van der Waals surface area contributed by atoms with Gasteiger partial charge in [-0.1, -0.05) is 19.9 Å². The van der Waals surface area contributed by atoms with Crippen LogP contribution in [0.4, 0.5) is 5.82 Å². The summed E-state index contributed by atoms with van der Waals surface area (Å²) in [5, 5.41) is 0. The molecular weight excluding hydrogens is 334 g/mol. The highest BCUT2D eigenvalue weighted by Gasteiger charge is 2.20. The number of hydrogen-bond donors (Lipinski definition) is 2. The van der Waals surface area contributed by atoms with E-state index >= 15 is 0 Å². The van der Waals surface area contributed by atoms with E-state index in [0.717, 1.165) is 37.9 Å². The van der Waals surface area contributed by atoms with Crippen LogP contribution < -0.4 is 16.2 Å². The first-order chi connectivity index (χ1) is 12.5. The van der Waals surface area contributed by atoms with E-state index in [-0.39, 0.29) is 23.6 Å². The molecule has 8 nitrogen and oxygen atoms in total. The third-order valence-electron chi connectivity index (χ3n) is 4.74. The Bertz CT molecular complexity index is 841. The van der Waals surface area contributed by atoms with Crippen LogP contribution in [0.25, 0.3) is 11.2 Å². The van der Waals surface area contributed by atoms with Gasteiger partial charge < -0.3 is 20.2 Å². The number of nitrogen functional groups attached to an aromatic ring is 1. The van der Waals surface area contributed by atoms with Crippen LogP contribution in [0.15, 0.2) is 17.1 Å². The van der Waals surface area contributed by atoms with Crippen molar-refractivity contribution in [2.75, 3.05) is 12.3 Å². The van der Waals surface area contributed by atoms with Gasteiger partial charge >= 0.3 is 11.7 Å². The molecule has 26 heavy (non-hydrogen) atoms. The number of hydrogen-bond acceptors (Lipinski definition) is 6. The van der Waals surface area contributed by atoms with Crippen molar-refractivity contribution in [2.45, 2.75) is 58.6 Å². The summed E-state index contributed by atoms with van der Waals surface area (Å²) in [7, 11) is 0. The molecule has 1 aliphatic heterocycles. The number of anilines is 1. The number of aromatic nitrogens is 4. The molecule has 0 aromatic carbocycles. The molecule has 1 fully saturated rings. The fourth-order valence-corrected chi connectivity index (χ4v) is 3.35. The van der Waals surface area contributed by atoms with Crippen molar-refractivity contribution in [1.82, 2.24) is 19.5 Å². The van der Waals surface area contributed by atoms with E-state index in [9.17, 15) is 4.79 Å². The molecule has 0 aliphatic carbocycles. The van der Waals surface area contributed by atoms with Crippen LogP contribution in [0.5, 0.6) is 6.01 Å². The predicted octanol–water partition coefficient (Wildman–Crippen LogP) is 2.60. The molecule has 8 heteroatoms. The molecule has 2 aromatic rings. The molecule has 1 aliphatic rings. The van der Waals surface area contributed by atoms with Gasteiger partial charge in [0.15, 0.2) is 11.5 Å². The maximum atomic E-state index is 12.4. The Morgan fingerprint density at radius 3 is 3.04 bits per heavy atom. The van der Waals surface area contributed by atoms with E-state index in [1.165, 1.54) is 0 Å². The van der Waals surface area contributed by atoms with E-state index in [1.807, 2.05) is 6.92 Å². The molecule has 1 unspecified atom stereocenters. The summed E-state index contributed by atoms with van der Waals surface area (Å²) < 4.78 is 12.8. The van der Waals surface area contributed by atoms with Crippen LogP contribution >= 0.6 is 0 Å². The largest absolute Gasteiger partial charge is 0.499 e. The Hall–Kier alpha value is -2.51. The number of fused-ring (bicyclic) bond motifs is 1. The third kappa shape index (κ3) is 4.00. The third-order valence-corrected chi connectivity index (χ3v) is 4.74. The number of imidazole rings is 1. The minimum atomic E-state index is -0.231. The highest BCUT2D eigenvalue weighted by Crippen LogP contribution is 2.26. The average Bonchev–Trinajstić information content (AvgIpc) is 2.89. The lowest BCUT2D eigenvalue weighted by atomic mass is 9.95. The van der Waals surface area contributed by atoms with Crippen molar-refractivity contribution in [3.05, 3.63) is 22.8 Å². The summed E-state index contributed by atoms with van der Waals surface area (Å²) in [5.74, 6) is 1.50. The molecule has 2 aromatic heterocycles. The Morgan fingerprint density at radius 2 is 2.31 bits per heavy atom. The molecule has 0 bridgehead atoms. The van der Waals surface area contributed by atoms with E-state index in [4.69, 9.17) is 15.2 Å². The second-order valence-electron chi connectivity index (χ2n) is 6.92. The van der Waals surface area contributed by atoms with E-state index in [1.54, 1.807) is 4.57 Å². The van der Waals surface area contributed by atoms with Crippen LogP contribution in [0.2, 0.25) is 0 Å². The number of allylic oxidation sites excluding steroid dienone is 1. The van der Waals surface area contributed by atoms with Crippen LogP contribution in [-0.2, 0) is 11.3 Å². The van der Waals surface area contributed by atoms with Gasteiger partial charge in [0.05, 0.1) is 18.5 Å². The lowest BCUT2D eigenvalue weighted by Crippen LogP contribution is -2.21. The summed E-state index contributed by atoms with van der Waals surface area (Å²) >= 11 is 0. The van der Waals surface area contributed by atoms with E-state index in [0.29, 0.717) is 30.2 Å². The number of nitrogens with zero attached hydrogens (tertiary/aromatic N) is 3. The zero-order chi connectivity index (χ0) is 18.7. The van der Waals surface area contributed by atoms with Gasteiger partial charge in [0, 0.05) is 13.0 Å². The summed E-state index contributed by atoms with van der Waals surface area (Å²) in [5.41, 5.74) is 6.73. The van der Waals surface area contributed by atoms with Crippen LogP contribution in [-0.4, -0.2) is 32.2 Å². The molecule has 3 rings (SSSR count). The van der Waals surface area contributed by atoms with Crippen molar-refractivity contribution in [3.63, 3.8) is 0 Å². The number of H-pyrrole nitrogens is 1. The first-order valence-electron chi connectivity index (χ1n) is 9.21. The standard InChI is InChI=1S/C18H27N5O3/c1-4-5-11(2)26-17-21-15(19)14-16(22-17)23(18(24)20-14)8-6-13-7-9-25-12(3)10-13/h11,13H,3-10H2,1-2H3,(H,20,24)(H2,19,21,22)/t11-,13?/m1/s1. The van der Waals surface area contributed by atoms with Crippen LogP contribution in [0.3, 0.4) is 0 Å². The number of rotatable bonds is 7. The average molecular weight is 361 g/mol. The van der Waals surface area contributed by atoms with Crippen molar-refractivity contribution >= 4 is 17.0 Å². The molecule has 0 saturated carbocycles. The van der Waals surface area contributed by atoms with Crippen LogP contribution in [0.1, 0.15) is 46.0 Å². The highest BCUT2D eigenvalue weighted by molar-refractivity contribution is 5.81. The van der Waals surface area contributed by atoms with E-state index < -0.39 is 0 Å². The van der Waals surface area contributed by atoms with Gasteiger partial charge in [-0.25, -0.2) is 4.79 Å². The molecule has 1 saturated heterocycles. The SMILES string of the molecule is C=C1CC(CCn2c(=O)[nH]c3c(N)nc(O[C@H](C)CCC)nc32)CCO1. The van der Waals surface area contributed by atoms with Crippen molar-refractivity contribution < 1.29 is 9.47 Å². The second-order valence-corrected chi connectivity index (χ2v) is 6.92. The first kappa shape index (κ1) is 18.3. The Morgan fingerprint density at radius 1 is 1.50 bits per heavy atom. The minimum absolute atomic E-state index is 0.00999. The number of aromatic amines is 1. The topological polar surface area (TPSA) is 108 Å². The van der Waals surface area contributed by atoms with Gasteiger partial charge in [0.1, 0.15) is 5.52 Å². The van der Waals surface area contributed by atoms with E-state index in [2.05, 4.69) is 28.5 Å². The maximum Gasteiger partial charge on any atom is 0.327 e. The Kier molecular flexibility index (Phi) is 5.49. The molecular formula is C18H27N5O3. The molecule has 3 N–H and O–H groups in total. The number of nitrogens with one attached hydrogen (secondary N) is 1. The summed E-state index contributed by atoms with van der Waals surface area (Å²) in [6.07, 6.45) is 4.54. The Balaban J connectivity index is 1.82. The number of nitrogens with two attached hydrogens (primary N) is 1. The lowest BCUT2D eigenvalue weighted by Gasteiger charge is -2.24. The maximum absolute atomic E-state index is 12.4. The lowest BCUT2D eigenvalue weighted by molar-refractivity contribution is 0.127. The quantitative estimate of drug-likeness (QED) is 0.785. The van der Waals surface area contributed by atoms with Gasteiger partial charge in [-0.2, -0.15) is 9.97 Å². The predicted molar refractivity (Wildman–Crippen MR) is 100.0 cm³/mol. The zero-order valence-electron chi connectivity index (χ0n) is 15.5. The van der Waals surface area contributed by atoms with Crippen LogP contribution in [0, 0.1) is 5.92 Å². The first-order valence-corrected chi connectivity index (χ1v) is 9.21. The summed E-state index contributed by atoms with van der Waals surface area (Å²) in [6.45, 7) is 9.19. The normalized spacial score (nSPS) is 18.7. The fourth-order valence-electron chi connectivity index (χ4n) is 3.35. The smallest absolute Gasteiger partial charge is 0.327 e. The van der Waals surface area contributed by atoms with Gasteiger partial charge in [-0.15, -0.1) is 0 Å². The van der Waals surface area contributed by atoms with Gasteiger partial charge in [-0.3, -0.25) is 4.57 Å². The van der Waals surface area contributed by atoms with Crippen molar-refractivity contribution in [3.8, 4) is 6.01 Å². The molecule has 0 radical (unpaired) electrons. The summed E-state index contributed by atoms with van der Waals surface area (Å²) in [6, 6.07) is 0.211. The van der Waals surface area contributed by atoms with Gasteiger partial charge in [0.2, 0.25) is 0 Å². The number of ether oxygens (including phenoxy) is 2. The molecule has 2 atom stereocenters. The Labute approximate surface area is 152 Å². The highest BCUT2D eigenvalue weighted by atomic mass is 16.5. The van der Waals surface area contributed by atoms with Crippen molar-refractivity contribution in [2.24, 2.45) is 5.92 Å². The van der Waals surface area contributed by atoms with Crippen molar-refractivity contribution in [1.29, 1.82) is 0 Å². The summed E-state index contributed by atoms with van der Waals surface area (Å²) in [4.78, 5) is 23.7. The molecule has 142 valence electrons. The van der Waals surface area contributed by atoms with Gasteiger partial charge in [-0.05, 0) is 32.1 Å². The minimum Gasteiger partial charge on any atom is -0.499 e. The number of aryl methyl sites for hydroxylation is 1. The zero-order valence-corrected chi connectivity index (χ0v) is 15.5. The second kappa shape index (κ2) is 7.80. The van der Waals surface area contributed by atoms with Gasteiger partial charge in [0.25, 0.3) is 0 Å². The molecule has 3 heterocycles.